The Kier molecular flexibility index (Phi) is 8.95. The molecule has 2 unspecified atom stereocenters. The maximum Gasteiger partial charge on any atom is 0.165 e. The lowest BCUT2D eigenvalue weighted by Gasteiger charge is -2.28. The van der Waals surface area contributed by atoms with Crippen molar-refractivity contribution in [2.45, 2.75) is 31.2 Å². The van der Waals surface area contributed by atoms with E-state index >= 15 is 0 Å². The molecule has 0 aliphatic rings. The minimum Gasteiger partial charge on any atom is -0.394 e. The van der Waals surface area contributed by atoms with E-state index in [1.807, 2.05) is 0 Å². The molecule has 9 nitrogen and oxygen atoms in total. The van der Waals surface area contributed by atoms with Gasteiger partial charge in [-0.05, 0) is 24.6 Å². The third-order valence-corrected chi connectivity index (χ3v) is 5.14. The molecule has 170 valence electrons. The molecule has 3 rings (SSSR count). The lowest BCUT2D eigenvalue weighted by atomic mass is 9.88. The summed E-state index contributed by atoms with van der Waals surface area (Å²) in [5.41, 5.74) is 1.99. The monoisotopic (exact) mass is 476 g/mol. The minimum atomic E-state index is -1.39. The minimum absolute atomic E-state index is 0.132. The number of benzene rings is 1. The Balaban J connectivity index is 0.000000231. The van der Waals surface area contributed by atoms with Crippen molar-refractivity contribution < 1.29 is 29.7 Å². The molecule has 1 aromatic carbocycles. The van der Waals surface area contributed by atoms with Crippen LogP contribution in [0.2, 0.25) is 10.0 Å². The van der Waals surface area contributed by atoms with E-state index in [0.717, 1.165) is 0 Å². The van der Waals surface area contributed by atoms with Crippen LogP contribution in [0.5, 0.6) is 0 Å². The van der Waals surface area contributed by atoms with Crippen molar-refractivity contribution in [2.24, 2.45) is 0 Å². The molecule has 6 N–H and O–H groups in total. The number of halogens is 3. The molecule has 0 bridgehead atoms. The first-order valence-electron chi connectivity index (χ1n) is 9.02. The Morgan fingerprint density at radius 3 is 2.55 bits per heavy atom. The Labute approximate surface area is 187 Å². The zero-order chi connectivity index (χ0) is 23.2. The first kappa shape index (κ1) is 25.2. The second kappa shape index (κ2) is 11.0. The van der Waals surface area contributed by atoms with Crippen molar-refractivity contribution in [1.82, 2.24) is 15.0 Å². The van der Waals surface area contributed by atoms with Gasteiger partial charge >= 0.3 is 0 Å². The highest BCUT2D eigenvalue weighted by molar-refractivity contribution is 6.42. The van der Waals surface area contributed by atoms with Crippen molar-refractivity contribution in [3.63, 3.8) is 0 Å². The van der Waals surface area contributed by atoms with Crippen LogP contribution in [0.4, 0.5) is 10.2 Å². The molecule has 3 aromatic rings. The number of anilines is 1. The highest BCUT2D eigenvalue weighted by Crippen LogP contribution is 2.31. The third kappa shape index (κ3) is 6.47. The number of aromatic amines is 1. The predicted octanol–water partition coefficient (Wildman–Crippen LogP) is 2.38. The summed E-state index contributed by atoms with van der Waals surface area (Å²) in [4.78, 5) is 15.0. The summed E-state index contributed by atoms with van der Waals surface area (Å²) >= 11 is 11.6. The quantitative estimate of drug-likeness (QED) is 0.285. The lowest BCUT2D eigenvalue weighted by molar-refractivity contribution is -0.0646. The Hall–Kier alpha value is -2.05. The fourth-order valence-electron chi connectivity index (χ4n) is 2.71. The summed E-state index contributed by atoms with van der Waals surface area (Å²) < 4.78 is 13.1. The van der Waals surface area contributed by atoms with E-state index in [-0.39, 0.29) is 6.42 Å². The molecule has 0 fully saturated rings. The lowest BCUT2D eigenvalue weighted by Crippen LogP contribution is -2.36. The number of rotatable bonds is 7. The molecule has 2 aromatic heterocycles. The fourth-order valence-corrected chi connectivity index (χ4v) is 3.01. The van der Waals surface area contributed by atoms with Gasteiger partial charge in [0.15, 0.2) is 11.6 Å². The van der Waals surface area contributed by atoms with E-state index < -0.39 is 30.2 Å². The summed E-state index contributed by atoms with van der Waals surface area (Å²) in [5.74, 6) is -0.0959. The summed E-state index contributed by atoms with van der Waals surface area (Å²) in [6, 6.07) is 4.64. The molecular weight excluding hydrogens is 454 g/mol. The van der Waals surface area contributed by atoms with Crippen molar-refractivity contribution in [2.75, 3.05) is 19.2 Å². The van der Waals surface area contributed by atoms with Crippen LogP contribution >= 0.6 is 23.2 Å². The molecule has 0 saturated carbocycles. The standard InChI is InChI=1S/C12H16Cl2O4.C7H7FN4O/c1-12(18,5-10(16)11(17)6-15)7-2-3-8(13)9(14)4-7;1-13-12-7-5-4(8)2-9-6(5)10-3-11-7/h2-4,10-11,15-18H,5-6H2,1H3;2-3H,1H3,(H2,9,10,11,12)/t10?,11?,12-;/m0./s1. The van der Waals surface area contributed by atoms with Crippen LogP contribution < -0.4 is 5.48 Å². The van der Waals surface area contributed by atoms with Gasteiger partial charge in [0.1, 0.15) is 18.1 Å². The average Bonchev–Trinajstić information content (AvgIpc) is 3.11. The molecule has 3 atom stereocenters. The molecule has 0 spiro atoms. The van der Waals surface area contributed by atoms with Crippen molar-refractivity contribution in [3.05, 3.63) is 52.1 Å². The molecular formula is C19H23Cl2FN4O5. The van der Waals surface area contributed by atoms with Gasteiger partial charge in [-0.3, -0.25) is 4.84 Å². The largest absolute Gasteiger partial charge is 0.394 e. The van der Waals surface area contributed by atoms with E-state index in [0.29, 0.717) is 32.5 Å². The highest BCUT2D eigenvalue weighted by atomic mass is 35.5. The summed E-state index contributed by atoms with van der Waals surface area (Å²) in [7, 11) is 1.43. The normalized spacial score (nSPS) is 15.0. The van der Waals surface area contributed by atoms with Crippen molar-refractivity contribution in [1.29, 1.82) is 0 Å². The van der Waals surface area contributed by atoms with Gasteiger partial charge in [-0.1, -0.05) is 29.3 Å². The number of H-pyrrole nitrogens is 1. The first-order valence-corrected chi connectivity index (χ1v) is 9.77. The molecule has 0 aliphatic carbocycles. The molecule has 0 aliphatic heterocycles. The predicted molar refractivity (Wildman–Crippen MR) is 114 cm³/mol. The van der Waals surface area contributed by atoms with Gasteiger partial charge in [-0.15, -0.1) is 0 Å². The van der Waals surface area contributed by atoms with Crippen LogP contribution in [0, 0.1) is 5.82 Å². The third-order valence-electron chi connectivity index (χ3n) is 4.40. The van der Waals surface area contributed by atoms with Crippen LogP contribution in [-0.2, 0) is 10.4 Å². The number of fused-ring (bicyclic) bond motifs is 1. The maximum atomic E-state index is 13.1. The first-order chi connectivity index (χ1) is 14.6. The van der Waals surface area contributed by atoms with Gasteiger partial charge in [0.05, 0.1) is 40.9 Å². The SMILES string of the molecule is CONc1ncnc2[nH]cc(F)c12.C[C@](O)(CC(O)C(O)CO)c1ccc(Cl)c(Cl)c1. The van der Waals surface area contributed by atoms with Gasteiger partial charge in [0.25, 0.3) is 0 Å². The number of nitrogens with zero attached hydrogens (tertiary/aromatic N) is 2. The van der Waals surface area contributed by atoms with Gasteiger partial charge in [-0.25, -0.2) is 19.8 Å². The summed E-state index contributed by atoms with van der Waals surface area (Å²) in [6.45, 7) is 0.915. The van der Waals surface area contributed by atoms with Gasteiger partial charge < -0.3 is 25.4 Å². The Morgan fingerprint density at radius 1 is 1.23 bits per heavy atom. The molecule has 0 radical (unpaired) electrons. The van der Waals surface area contributed by atoms with Gasteiger partial charge in [-0.2, -0.15) is 0 Å². The zero-order valence-electron chi connectivity index (χ0n) is 16.7. The molecule has 0 saturated heterocycles. The maximum absolute atomic E-state index is 13.1. The topological polar surface area (TPSA) is 144 Å². The molecule has 12 heteroatoms. The number of hydrogen-bond acceptors (Lipinski definition) is 8. The van der Waals surface area contributed by atoms with Crippen LogP contribution in [-0.4, -0.2) is 61.3 Å². The van der Waals surface area contributed by atoms with E-state index in [1.54, 1.807) is 12.1 Å². The highest BCUT2D eigenvalue weighted by Gasteiger charge is 2.30. The number of aromatic nitrogens is 3. The van der Waals surface area contributed by atoms with Crippen LogP contribution in [0.3, 0.4) is 0 Å². The van der Waals surface area contributed by atoms with Crippen molar-refractivity contribution in [3.8, 4) is 0 Å². The van der Waals surface area contributed by atoms with Crippen molar-refractivity contribution >= 4 is 40.1 Å². The second-order valence-corrected chi connectivity index (χ2v) is 7.63. The van der Waals surface area contributed by atoms with E-state index in [4.69, 9.17) is 28.3 Å². The number of aliphatic hydroxyl groups excluding tert-OH is 3. The fraction of sp³-hybridized carbons (Fsp3) is 0.368. The average molecular weight is 477 g/mol. The zero-order valence-corrected chi connectivity index (χ0v) is 18.2. The van der Waals surface area contributed by atoms with Crippen LogP contribution in [0.25, 0.3) is 11.0 Å². The number of hydrogen-bond donors (Lipinski definition) is 6. The van der Waals surface area contributed by atoms with E-state index in [1.165, 1.54) is 32.6 Å². The molecule has 2 heterocycles. The van der Waals surface area contributed by atoms with E-state index in [2.05, 4.69) is 25.3 Å². The second-order valence-electron chi connectivity index (χ2n) is 6.81. The molecule has 0 amide bonds. The number of nitrogens with one attached hydrogen (secondary N) is 2. The number of aliphatic hydroxyl groups is 4. The van der Waals surface area contributed by atoms with Crippen LogP contribution in [0.15, 0.2) is 30.7 Å². The summed E-state index contributed by atoms with van der Waals surface area (Å²) in [5, 5.41) is 38.8. The summed E-state index contributed by atoms with van der Waals surface area (Å²) in [6.07, 6.45) is -0.120. The smallest absolute Gasteiger partial charge is 0.165 e. The van der Waals surface area contributed by atoms with E-state index in [9.17, 15) is 19.7 Å². The van der Waals surface area contributed by atoms with Gasteiger partial charge in [0.2, 0.25) is 0 Å². The van der Waals surface area contributed by atoms with Crippen LogP contribution in [0.1, 0.15) is 18.9 Å². The Morgan fingerprint density at radius 2 is 1.94 bits per heavy atom. The molecule has 31 heavy (non-hydrogen) atoms. The Bertz CT molecular complexity index is 1000. The van der Waals surface area contributed by atoms with Gasteiger partial charge in [0, 0.05) is 12.6 Å².